The molecule has 0 aliphatic carbocycles. The van der Waals surface area contributed by atoms with Gasteiger partial charge in [-0.2, -0.15) is 8.42 Å². The number of carboxylic acid groups (broad SMARTS) is 1. The van der Waals surface area contributed by atoms with Crippen LogP contribution in [0.5, 0.6) is 0 Å². The maximum Gasteiger partial charge on any atom is 0.407 e. The van der Waals surface area contributed by atoms with Crippen molar-refractivity contribution in [2.45, 2.75) is 37.1 Å². The van der Waals surface area contributed by atoms with Crippen LogP contribution in [0, 0.1) is 13.8 Å². The molecule has 2 aromatic rings. The van der Waals surface area contributed by atoms with Crippen molar-refractivity contribution in [3.8, 4) is 0 Å². The van der Waals surface area contributed by atoms with Crippen LogP contribution < -0.4 is 5.73 Å². The molecule has 1 fully saturated rings. The van der Waals surface area contributed by atoms with E-state index in [-0.39, 0.29) is 16.9 Å². The number of nitrogens with two attached hydrogens (primary N) is 1. The zero-order valence-electron chi connectivity index (χ0n) is 16.2. The van der Waals surface area contributed by atoms with E-state index in [9.17, 15) is 13.2 Å². The minimum absolute atomic E-state index is 0.0145. The van der Waals surface area contributed by atoms with E-state index in [4.69, 9.17) is 27.0 Å². The van der Waals surface area contributed by atoms with Gasteiger partial charge in [-0.15, -0.1) is 0 Å². The smallest absolute Gasteiger partial charge is 0.407 e. The van der Waals surface area contributed by atoms with Crippen molar-refractivity contribution in [2.24, 2.45) is 5.73 Å². The first-order valence-electron chi connectivity index (χ1n) is 9.02. The van der Waals surface area contributed by atoms with Gasteiger partial charge < -0.3 is 15.7 Å². The van der Waals surface area contributed by atoms with Gasteiger partial charge in [-0.3, -0.25) is 4.55 Å². The predicted molar refractivity (Wildman–Crippen MR) is 112 cm³/mol. The summed E-state index contributed by atoms with van der Waals surface area (Å²) < 4.78 is 29.6. The molecule has 158 valence electrons. The Morgan fingerprint density at radius 1 is 1.17 bits per heavy atom. The highest BCUT2D eigenvalue weighted by Gasteiger charge is 2.30. The number of amides is 1. The number of hydrogen-bond donors (Lipinski definition) is 3. The highest BCUT2D eigenvalue weighted by molar-refractivity contribution is 7.85. The maximum atomic E-state index is 11.0. The summed E-state index contributed by atoms with van der Waals surface area (Å²) in [5.74, 6) is 0.0212. The second kappa shape index (κ2) is 9.58. The van der Waals surface area contributed by atoms with E-state index >= 15 is 0 Å². The molecule has 0 saturated carbocycles. The number of benzene rings is 2. The molecule has 2 unspecified atom stereocenters. The van der Waals surface area contributed by atoms with Crippen LogP contribution in [0.4, 0.5) is 4.79 Å². The number of piperidine rings is 1. The standard InChI is InChI=1S/C13H17ClN2O2.C7H8O3S/c1-8-2-3-9(6-11(8)14)10-7-16(13(17)18)5-4-12(10)15;1-6-2-4-7(5-3-6)11(8,9)10/h2-3,6,10,12H,4-5,7,15H2,1H3,(H,17,18);2-5H,1H3,(H,8,9,10). The first-order chi connectivity index (χ1) is 13.5. The lowest BCUT2D eigenvalue weighted by Crippen LogP contribution is -2.47. The van der Waals surface area contributed by atoms with Crippen LogP contribution in [0.2, 0.25) is 5.02 Å². The number of carbonyl (C=O) groups is 1. The Balaban J connectivity index is 0.000000234. The van der Waals surface area contributed by atoms with Crippen LogP contribution in [0.1, 0.15) is 29.0 Å². The molecule has 3 rings (SSSR count). The molecule has 1 aliphatic rings. The number of nitrogens with zero attached hydrogens (tertiary/aromatic N) is 1. The molecule has 7 nitrogen and oxygen atoms in total. The van der Waals surface area contributed by atoms with E-state index in [1.807, 2.05) is 32.0 Å². The molecule has 1 aliphatic heterocycles. The zero-order valence-corrected chi connectivity index (χ0v) is 17.8. The molecule has 29 heavy (non-hydrogen) atoms. The quantitative estimate of drug-likeness (QED) is 0.612. The van der Waals surface area contributed by atoms with Crippen LogP contribution >= 0.6 is 11.6 Å². The SMILES string of the molecule is Cc1ccc(C2CN(C(=O)O)CCC2N)cc1Cl.Cc1ccc(S(=O)(=O)O)cc1. The van der Waals surface area contributed by atoms with E-state index in [0.717, 1.165) is 16.7 Å². The lowest BCUT2D eigenvalue weighted by Gasteiger charge is -2.35. The molecule has 9 heteroatoms. The minimum Gasteiger partial charge on any atom is -0.465 e. The molecule has 1 saturated heterocycles. The van der Waals surface area contributed by atoms with Gasteiger partial charge in [-0.25, -0.2) is 4.79 Å². The largest absolute Gasteiger partial charge is 0.465 e. The Hall–Kier alpha value is -2.13. The fourth-order valence-corrected chi connectivity index (χ4v) is 3.72. The Morgan fingerprint density at radius 2 is 1.79 bits per heavy atom. The van der Waals surface area contributed by atoms with Crippen LogP contribution in [0.3, 0.4) is 0 Å². The molecule has 0 radical (unpaired) electrons. The molecule has 1 amide bonds. The van der Waals surface area contributed by atoms with Crippen molar-refractivity contribution in [3.05, 3.63) is 64.2 Å². The van der Waals surface area contributed by atoms with Crippen molar-refractivity contribution in [1.29, 1.82) is 0 Å². The predicted octanol–water partition coefficient (Wildman–Crippen LogP) is 3.68. The Labute approximate surface area is 175 Å². The summed E-state index contributed by atoms with van der Waals surface area (Å²) in [6, 6.07) is 11.8. The highest BCUT2D eigenvalue weighted by Crippen LogP contribution is 2.29. The van der Waals surface area contributed by atoms with E-state index < -0.39 is 16.2 Å². The van der Waals surface area contributed by atoms with E-state index in [2.05, 4.69) is 0 Å². The van der Waals surface area contributed by atoms with Crippen molar-refractivity contribution in [2.75, 3.05) is 13.1 Å². The molecular weight excluding hydrogens is 416 g/mol. The first kappa shape index (κ1) is 23.2. The monoisotopic (exact) mass is 440 g/mol. The number of likely N-dealkylation sites (tertiary alicyclic amines) is 1. The number of halogens is 1. The molecule has 1 heterocycles. The fourth-order valence-electron chi connectivity index (χ4n) is 3.05. The maximum absolute atomic E-state index is 11.0. The van der Waals surface area contributed by atoms with Crippen molar-refractivity contribution in [3.63, 3.8) is 0 Å². The van der Waals surface area contributed by atoms with Crippen molar-refractivity contribution >= 4 is 27.8 Å². The molecule has 0 spiro atoms. The molecule has 0 aromatic heterocycles. The molecular formula is C20H25ClN2O5S. The first-order valence-corrected chi connectivity index (χ1v) is 10.8. The van der Waals surface area contributed by atoms with Gasteiger partial charge in [-0.1, -0.05) is 41.4 Å². The number of rotatable bonds is 2. The second-order valence-corrected chi connectivity index (χ2v) is 8.91. The molecule has 4 N–H and O–H groups in total. The van der Waals surface area contributed by atoms with E-state index in [0.29, 0.717) is 24.5 Å². The van der Waals surface area contributed by atoms with Gasteiger partial charge in [0.15, 0.2) is 0 Å². The van der Waals surface area contributed by atoms with Gasteiger partial charge >= 0.3 is 6.09 Å². The summed E-state index contributed by atoms with van der Waals surface area (Å²) in [6.45, 7) is 4.73. The van der Waals surface area contributed by atoms with Gasteiger partial charge in [-0.05, 0) is 49.6 Å². The summed E-state index contributed by atoms with van der Waals surface area (Å²) in [5.41, 5.74) is 9.09. The fraction of sp³-hybridized carbons (Fsp3) is 0.350. The molecule has 2 atom stereocenters. The Kier molecular flexibility index (Phi) is 7.65. The van der Waals surface area contributed by atoms with Crippen LogP contribution in [0.15, 0.2) is 47.4 Å². The van der Waals surface area contributed by atoms with Gasteiger partial charge in [0, 0.05) is 30.1 Å². The number of aryl methyl sites for hydroxylation is 2. The topological polar surface area (TPSA) is 121 Å². The van der Waals surface area contributed by atoms with Gasteiger partial charge in [0.2, 0.25) is 0 Å². The van der Waals surface area contributed by atoms with Crippen LogP contribution in [0.25, 0.3) is 0 Å². The average molecular weight is 441 g/mol. The number of hydrogen-bond acceptors (Lipinski definition) is 4. The van der Waals surface area contributed by atoms with Crippen LogP contribution in [-0.2, 0) is 10.1 Å². The third-order valence-corrected chi connectivity index (χ3v) is 6.15. The molecule has 0 bridgehead atoms. The summed E-state index contributed by atoms with van der Waals surface area (Å²) in [5, 5.41) is 9.75. The minimum atomic E-state index is -4.02. The lowest BCUT2D eigenvalue weighted by atomic mass is 9.86. The van der Waals surface area contributed by atoms with Gasteiger partial charge in [0.05, 0.1) is 4.90 Å². The van der Waals surface area contributed by atoms with Gasteiger partial charge in [0.25, 0.3) is 10.1 Å². The normalized spacial score (nSPS) is 19.3. The molecule has 2 aromatic carbocycles. The summed E-state index contributed by atoms with van der Waals surface area (Å²) >= 11 is 6.11. The van der Waals surface area contributed by atoms with Crippen molar-refractivity contribution < 1.29 is 22.9 Å². The van der Waals surface area contributed by atoms with Crippen LogP contribution in [-0.4, -0.2) is 48.2 Å². The van der Waals surface area contributed by atoms with E-state index in [1.165, 1.54) is 17.0 Å². The Morgan fingerprint density at radius 3 is 2.31 bits per heavy atom. The summed E-state index contributed by atoms with van der Waals surface area (Å²) in [6.07, 6.45) is -0.201. The summed E-state index contributed by atoms with van der Waals surface area (Å²) in [7, 11) is -4.02. The van der Waals surface area contributed by atoms with Gasteiger partial charge in [0.1, 0.15) is 0 Å². The lowest BCUT2D eigenvalue weighted by molar-refractivity contribution is 0.126. The van der Waals surface area contributed by atoms with E-state index in [1.54, 1.807) is 12.1 Å². The average Bonchev–Trinajstić information content (AvgIpc) is 2.64. The second-order valence-electron chi connectivity index (χ2n) is 7.08. The third-order valence-electron chi connectivity index (χ3n) is 4.88. The van der Waals surface area contributed by atoms with Crippen molar-refractivity contribution in [1.82, 2.24) is 4.90 Å². The summed E-state index contributed by atoms with van der Waals surface area (Å²) in [4.78, 5) is 12.4. The zero-order chi connectivity index (χ0) is 21.8. The highest BCUT2D eigenvalue weighted by atomic mass is 35.5. The Bertz CT molecular complexity index is 963. The third kappa shape index (κ3) is 6.43.